The van der Waals surface area contributed by atoms with Crippen molar-refractivity contribution in [1.29, 1.82) is 0 Å². The molecule has 0 aliphatic rings. The first-order chi connectivity index (χ1) is 8.47. The smallest absolute Gasteiger partial charge is 0.264 e. The molecule has 0 aromatic carbocycles. The van der Waals surface area contributed by atoms with E-state index < -0.39 is 10.1 Å². The highest BCUT2D eigenvalue weighted by Crippen LogP contribution is 1.90. The predicted molar refractivity (Wildman–Crippen MR) is 79.0 cm³/mol. The summed E-state index contributed by atoms with van der Waals surface area (Å²) in [6.45, 7) is 9.36. The van der Waals surface area contributed by atoms with Gasteiger partial charge >= 0.3 is 0 Å². The zero-order valence-electron chi connectivity index (χ0n) is 11.3. The van der Waals surface area contributed by atoms with Gasteiger partial charge in [-0.1, -0.05) is 63.0 Å². The second kappa shape index (κ2) is 13.9. The summed E-state index contributed by atoms with van der Waals surface area (Å²) < 4.78 is 25.3. The average molecular weight is 272 g/mol. The molecule has 3 nitrogen and oxygen atoms in total. The Bertz CT molecular complexity index is 351. The van der Waals surface area contributed by atoms with Gasteiger partial charge < -0.3 is 0 Å². The van der Waals surface area contributed by atoms with Crippen LogP contribution in [0.3, 0.4) is 0 Å². The lowest BCUT2D eigenvalue weighted by molar-refractivity contribution is 0.328. The Morgan fingerprint density at radius 3 is 1.94 bits per heavy atom. The molecule has 0 aliphatic heterocycles. The Morgan fingerprint density at radius 1 is 1.06 bits per heavy atom. The van der Waals surface area contributed by atoms with E-state index in [0.717, 1.165) is 6.26 Å². The lowest BCUT2D eigenvalue weighted by Gasteiger charge is -1.95. The minimum atomic E-state index is -3.27. The van der Waals surface area contributed by atoms with Crippen LogP contribution in [0.2, 0.25) is 0 Å². The van der Waals surface area contributed by atoms with Gasteiger partial charge in [0, 0.05) is 0 Å². The van der Waals surface area contributed by atoms with Gasteiger partial charge in [-0.05, 0) is 12.8 Å². The highest BCUT2D eigenvalue weighted by Gasteiger charge is 1.97. The Morgan fingerprint density at radius 2 is 1.56 bits per heavy atom. The molecule has 0 amide bonds. The standard InChI is InChI=1S/C7H12O3S.C7H12/c1-3-4-5-6-7-10-11(2,8)9;1-3-5-7-6-4-2/h3-5H,1,6-7H2,2H3;3,5,7H,1,4,6H2,2H3/b5-4+;7-5+. The summed E-state index contributed by atoms with van der Waals surface area (Å²) in [5, 5.41) is 0. The van der Waals surface area contributed by atoms with Crippen LogP contribution in [0.1, 0.15) is 26.2 Å². The summed E-state index contributed by atoms with van der Waals surface area (Å²) in [7, 11) is -3.27. The van der Waals surface area contributed by atoms with E-state index in [4.69, 9.17) is 0 Å². The third kappa shape index (κ3) is 24.2. The van der Waals surface area contributed by atoms with E-state index in [1.165, 1.54) is 12.8 Å². The molecule has 0 rings (SSSR count). The fraction of sp³-hybridized carbons (Fsp3) is 0.429. The molecule has 0 aromatic rings. The van der Waals surface area contributed by atoms with Crippen LogP contribution in [0.5, 0.6) is 0 Å². The van der Waals surface area contributed by atoms with Gasteiger partial charge in [0.15, 0.2) is 0 Å². The van der Waals surface area contributed by atoms with Crippen molar-refractivity contribution < 1.29 is 12.6 Å². The van der Waals surface area contributed by atoms with Crippen LogP contribution >= 0.6 is 0 Å². The molecule has 104 valence electrons. The van der Waals surface area contributed by atoms with Gasteiger partial charge in [-0.15, -0.1) is 0 Å². The first kappa shape index (κ1) is 19.2. The van der Waals surface area contributed by atoms with Crippen LogP contribution in [0.15, 0.2) is 49.6 Å². The van der Waals surface area contributed by atoms with Crippen molar-refractivity contribution in [2.75, 3.05) is 12.9 Å². The first-order valence-corrected chi connectivity index (χ1v) is 7.69. The van der Waals surface area contributed by atoms with Crippen LogP contribution < -0.4 is 0 Å². The van der Waals surface area contributed by atoms with Gasteiger partial charge in [-0.25, -0.2) is 0 Å². The highest BCUT2D eigenvalue weighted by atomic mass is 32.2. The maximum atomic E-state index is 10.4. The lowest BCUT2D eigenvalue weighted by Crippen LogP contribution is -2.02. The monoisotopic (exact) mass is 272 g/mol. The number of rotatable bonds is 8. The molecule has 0 atom stereocenters. The Hall–Kier alpha value is -1.13. The normalized spacial score (nSPS) is 11.2. The molecular formula is C14H24O3S. The van der Waals surface area contributed by atoms with E-state index in [0.29, 0.717) is 6.42 Å². The van der Waals surface area contributed by atoms with E-state index in [2.05, 4.69) is 30.3 Å². The summed E-state index contributed by atoms with van der Waals surface area (Å²) in [6, 6.07) is 0. The average Bonchev–Trinajstić information content (AvgIpc) is 2.29. The van der Waals surface area contributed by atoms with Crippen LogP contribution in [0.25, 0.3) is 0 Å². The van der Waals surface area contributed by atoms with Crippen molar-refractivity contribution in [3.8, 4) is 0 Å². The largest absolute Gasteiger partial charge is 0.270 e. The van der Waals surface area contributed by atoms with E-state index >= 15 is 0 Å². The van der Waals surface area contributed by atoms with Gasteiger partial charge in [-0.2, -0.15) is 8.42 Å². The molecule has 4 heteroatoms. The van der Waals surface area contributed by atoms with Crippen molar-refractivity contribution in [2.24, 2.45) is 0 Å². The number of allylic oxidation sites excluding steroid dienone is 5. The molecule has 0 N–H and O–H groups in total. The molecule has 0 saturated carbocycles. The maximum absolute atomic E-state index is 10.4. The summed E-state index contributed by atoms with van der Waals surface area (Å²) >= 11 is 0. The maximum Gasteiger partial charge on any atom is 0.264 e. The van der Waals surface area contributed by atoms with Gasteiger partial charge in [0.05, 0.1) is 12.9 Å². The molecule has 0 heterocycles. The van der Waals surface area contributed by atoms with Gasteiger partial charge in [0.2, 0.25) is 0 Å². The van der Waals surface area contributed by atoms with E-state index in [-0.39, 0.29) is 6.61 Å². The second-order valence-corrected chi connectivity index (χ2v) is 5.08. The van der Waals surface area contributed by atoms with E-state index in [1.54, 1.807) is 24.3 Å². The fourth-order valence-electron chi connectivity index (χ4n) is 0.819. The molecule has 0 saturated heterocycles. The first-order valence-electron chi connectivity index (χ1n) is 5.87. The minimum absolute atomic E-state index is 0.198. The van der Waals surface area contributed by atoms with Crippen molar-refractivity contribution in [3.63, 3.8) is 0 Å². The van der Waals surface area contributed by atoms with Crippen molar-refractivity contribution in [3.05, 3.63) is 49.6 Å². The number of hydrogen-bond acceptors (Lipinski definition) is 3. The van der Waals surface area contributed by atoms with E-state index in [1.807, 2.05) is 6.08 Å². The Kier molecular flexibility index (Phi) is 14.9. The molecule has 18 heavy (non-hydrogen) atoms. The van der Waals surface area contributed by atoms with Gasteiger partial charge in [0.25, 0.3) is 10.1 Å². The number of hydrogen-bond donors (Lipinski definition) is 0. The molecular weight excluding hydrogens is 248 g/mol. The van der Waals surface area contributed by atoms with Gasteiger partial charge in [-0.3, -0.25) is 4.18 Å². The second-order valence-electron chi connectivity index (χ2n) is 3.43. The Labute approximate surface area is 112 Å². The molecule has 0 aliphatic carbocycles. The molecule has 0 bridgehead atoms. The van der Waals surface area contributed by atoms with Crippen LogP contribution in [0.4, 0.5) is 0 Å². The summed E-state index contributed by atoms with van der Waals surface area (Å²) in [5.74, 6) is 0. The van der Waals surface area contributed by atoms with Crippen LogP contribution in [-0.4, -0.2) is 21.3 Å². The van der Waals surface area contributed by atoms with Crippen molar-refractivity contribution in [1.82, 2.24) is 0 Å². The SMILES string of the molecule is C=C/C=C/CCC.C=C/C=C/CCOS(C)(=O)=O. The fourth-order valence-corrected chi connectivity index (χ4v) is 1.22. The summed E-state index contributed by atoms with van der Waals surface area (Å²) in [4.78, 5) is 0. The molecule has 0 unspecified atom stereocenters. The molecule has 0 aromatic heterocycles. The zero-order valence-corrected chi connectivity index (χ0v) is 12.2. The van der Waals surface area contributed by atoms with Crippen LogP contribution in [0, 0.1) is 0 Å². The van der Waals surface area contributed by atoms with E-state index in [9.17, 15) is 8.42 Å². The minimum Gasteiger partial charge on any atom is -0.270 e. The highest BCUT2D eigenvalue weighted by molar-refractivity contribution is 7.85. The zero-order chi connectivity index (χ0) is 14.3. The quantitative estimate of drug-likeness (QED) is 0.385. The molecule has 0 radical (unpaired) electrons. The topological polar surface area (TPSA) is 43.4 Å². The van der Waals surface area contributed by atoms with Crippen molar-refractivity contribution >= 4 is 10.1 Å². The molecule has 0 fully saturated rings. The summed E-state index contributed by atoms with van der Waals surface area (Å²) in [6.07, 6.45) is 15.1. The lowest BCUT2D eigenvalue weighted by atomic mass is 10.3. The number of unbranched alkanes of at least 4 members (excludes halogenated alkanes) is 1. The third-order valence-electron chi connectivity index (χ3n) is 1.58. The van der Waals surface area contributed by atoms with Crippen molar-refractivity contribution in [2.45, 2.75) is 26.2 Å². The molecule has 0 spiro atoms. The van der Waals surface area contributed by atoms with Gasteiger partial charge in [0.1, 0.15) is 0 Å². The summed E-state index contributed by atoms with van der Waals surface area (Å²) in [5.41, 5.74) is 0. The Balaban J connectivity index is 0. The third-order valence-corrected chi connectivity index (χ3v) is 2.18. The predicted octanol–water partition coefficient (Wildman–Crippen LogP) is 3.62. The van der Waals surface area contributed by atoms with Crippen LogP contribution in [-0.2, 0) is 14.3 Å².